The van der Waals surface area contributed by atoms with Crippen LogP contribution in [0.3, 0.4) is 0 Å². The molecule has 0 bridgehead atoms. The van der Waals surface area contributed by atoms with Crippen LogP contribution in [0.1, 0.15) is 16.8 Å². The van der Waals surface area contributed by atoms with Crippen LogP contribution in [0.25, 0.3) is 11.3 Å². The van der Waals surface area contributed by atoms with Crippen LogP contribution in [-0.4, -0.2) is 9.97 Å². The maximum Gasteiger partial charge on any atom is 0.417 e. The summed E-state index contributed by atoms with van der Waals surface area (Å²) in [6, 6.07) is 4.58. The number of pyridine rings is 2. The monoisotopic (exact) mass is 252 g/mol. The fourth-order valence-electron chi connectivity index (χ4n) is 1.53. The number of rotatable bonds is 1. The van der Waals surface area contributed by atoms with Crippen LogP contribution < -0.4 is 0 Å². The molecular weight excluding hydrogens is 241 g/mol. The molecule has 0 N–H and O–H groups in total. The fourth-order valence-corrected chi connectivity index (χ4v) is 1.53. The van der Waals surface area contributed by atoms with Gasteiger partial charge in [-0.15, -0.1) is 0 Å². The Morgan fingerprint density at radius 2 is 1.78 bits per heavy atom. The van der Waals surface area contributed by atoms with Gasteiger partial charge in [-0.25, -0.2) is 0 Å². The zero-order valence-electron chi connectivity index (χ0n) is 9.92. The van der Waals surface area contributed by atoms with Gasteiger partial charge in [-0.1, -0.05) is 6.07 Å². The lowest BCUT2D eigenvalue weighted by Crippen LogP contribution is -2.05. The summed E-state index contributed by atoms with van der Waals surface area (Å²) in [6.07, 6.45) is -2.19. The van der Waals surface area contributed by atoms with Crippen LogP contribution in [-0.2, 0) is 6.18 Å². The van der Waals surface area contributed by atoms with Crippen molar-refractivity contribution in [2.24, 2.45) is 0 Å². The summed E-state index contributed by atoms with van der Waals surface area (Å²) in [7, 11) is 0. The van der Waals surface area contributed by atoms with Crippen molar-refractivity contribution in [3.8, 4) is 11.3 Å². The first-order valence-corrected chi connectivity index (χ1v) is 5.35. The normalized spacial score (nSPS) is 11.6. The van der Waals surface area contributed by atoms with Crippen molar-refractivity contribution >= 4 is 0 Å². The lowest BCUT2D eigenvalue weighted by Gasteiger charge is -2.08. The van der Waals surface area contributed by atoms with E-state index in [9.17, 15) is 13.2 Å². The minimum absolute atomic E-state index is 0.368. The highest BCUT2D eigenvalue weighted by atomic mass is 19.4. The van der Waals surface area contributed by atoms with Gasteiger partial charge in [0, 0.05) is 23.7 Å². The summed E-state index contributed by atoms with van der Waals surface area (Å²) in [5, 5.41) is 0. The SMILES string of the molecule is Cc1ccc(-c2cncc(C(F)(F)F)c2)nc1C. The molecule has 0 radical (unpaired) electrons. The van der Waals surface area contributed by atoms with Crippen molar-refractivity contribution in [1.29, 1.82) is 0 Å². The van der Waals surface area contributed by atoms with E-state index in [-0.39, 0.29) is 0 Å². The van der Waals surface area contributed by atoms with Crippen molar-refractivity contribution in [3.05, 3.63) is 47.4 Å². The van der Waals surface area contributed by atoms with E-state index >= 15 is 0 Å². The molecule has 0 saturated heterocycles. The summed E-state index contributed by atoms with van der Waals surface area (Å²) in [5.74, 6) is 0. The summed E-state index contributed by atoms with van der Waals surface area (Å²) in [5.41, 5.74) is 1.90. The van der Waals surface area contributed by atoms with E-state index in [4.69, 9.17) is 0 Å². The van der Waals surface area contributed by atoms with Gasteiger partial charge in [0.25, 0.3) is 0 Å². The molecule has 0 spiro atoms. The minimum atomic E-state index is -4.39. The molecule has 0 aliphatic heterocycles. The average Bonchev–Trinajstić information content (AvgIpc) is 2.32. The van der Waals surface area contributed by atoms with Gasteiger partial charge >= 0.3 is 6.18 Å². The van der Waals surface area contributed by atoms with Crippen LogP contribution in [0.15, 0.2) is 30.6 Å². The lowest BCUT2D eigenvalue weighted by molar-refractivity contribution is -0.137. The molecule has 0 saturated carbocycles. The van der Waals surface area contributed by atoms with Crippen LogP contribution in [0.4, 0.5) is 13.2 Å². The van der Waals surface area contributed by atoms with E-state index in [1.165, 1.54) is 6.20 Å². The Morgan fingerprint density at radius 3 is 2.39 bits per heavy atom. The Hall–Kier alpha value is -1.91. The highest BCUT2D eigenvalue weighted by molar-refractivity contribution is 5.59. The van der Waals surface area contributed by atoms with Crippen molar-refractivity contribution in [3.63, 3.8) is 0 Å². The number of hydrogen-bond donors (Lipinski definition) is 0. The lowest BCUT2D eigenvalue weighted by atomic mass is 10.1. The van der Waals surface area contributed by atoms with E-state index in [2.05, 4.69) is 9.97 Å². The number of alkyl halides is 3. The van der Waals surface area contributed by atoms with Crippen molar-refractivity contribution in [1.82, 2.24) is 9.97 Å². The second kappa shape index (κ2) is 4.40. The van der Waals surface area contributed by atoms with E-state index in [1.807, 2.05) is 19.9 Å². The van der Waals surface area contributed by atoms with E-state index in [1.54, 1.807) is 6.07 Å². The topological polar surface area (TPSA) is 25.8 Å². The number of nitrogens with zero attached hydrogens (tertiary/aromatic N) is 2. The molecule has 0 aliphatic carbocycles. The molecule has 2 aromatic rings. The third-order valence-corrected chi connectivity index (χ3v) is 2.71. The summed E-state index contributed by atoms with van der Waals surface area (Å²) < 4.78 is 37.7. The largest absolute Gasteiger partial charge is 0.417 e. The number of hydrogen-bond acceptors (Lipinski definition) is 2. The zero-order valence-corrected chi connectivity index (χ0v) is 9.92. The second-order valence-corrected chi connectivity index (χ2v) is 4.06. The molecule has 2 nitrogen and oxygen atoms in total. The number of aryl methyl sites for hydroxylation is 2. The fraction of sp³-hybridized carbons (Fsp3) is 0.231. The molecular formula is C13H11F3N2. The Bertz CT molecular complexity index is 577. The van der Waals surface area contributed by atoms with Crippen molar-refractivity contribution < 1.29 is 13.2 Å². The van der Waals surface area contributed by atoms with Gasteiger partial charge in [0.05, 0.1) is 11.3 Å². The van der Waals surface area contributed by atoms with Gasteiger partial charge in [-0.3, -0.25) is 9.97 Å². The van der Waals surface area contributed by atoms with E-state index in [0.717, 1.165) is 23.5 Å². The zero-order chi connectivity index (χ0) is 13.3. The first kappa shape index (κ1) is 12.5. The van der Waals surface area contributed by atoms with E-state index < -0.39 is 11.7 Å². The minimum Gasteiger partial charge on any atom is -0.263 e. The molecule has 2 heterocycles. The van der Waals surface area contributed by atoms with Gasteiger partial charge in [0.2, 0.25) is 0 Å². The smallest absolute Gasteiger partial charge is 0.263 e. The Labute approximate surface area is 103 Å². The molecule has 0 unspecified atom stereocenters. The first-order chi connectivity index (χ1) is 8.38. The van der Waals surface area contributed by atoms with Crippen LogP contribution in [0.5, 0.6) is 0 Å². The standard InChI is InChI=1S/C13H11F3N2/c1-8-3-4-12(18-9(8)2)10-5-11(7-17-6-10)13(14,15)16/h3-7H,1-2H3. The molecule has 0 atom stereocenters. The Kier molecular flexibility index (Phi) is 3.07. The van der Waals surface area contributed by atoms with Gasteiger partial charge in [-0.05, 0) is 31.5 Å². The number of halogens is 3. The van der Waals surface area contributed by atoms with Gasteiger partial charge in [0.15, 0.2) is 0 Å². The first-order valence-electron chi connectivity index (χ1n) is 5.35. The van der Waals surface area contributed by atoms with Gasteiger partial charge in [0.1, 0.15) is 0 Å². The molecule has 94 valence electrons. The predicted molar refractivity (Wildman–Crippen MR) is 61.9 cm³/mol. The van der Waals surface area contributed by atoms with Crippen LogP contribution in [0, 0.1) is 13.8 Å². The average molecular weight is 252 g/mol. The number of aromatic nitrogens is 2. The van der Waals surface area contributed by atoms with Gasteiger partial charge < -0.3 is 0 Å². The molecule has 2 aromatic heterocycles. The quantitative estimate of drug-likeness (QED) is 0.771. The molecule has 0 aliphatic rings. The van der Waals surface area contributed by atoms with Gasteiger partial charge in [-0.2, -0.15) is 13.2 Å². The Morgan fingerprint density at radius 1 is 1.06 bits per heavy atom. The third-order valence-electron chi connectivity index (χ3n) is 2.71. The molecule has 18 heavy (non-hydrogen) atoms. The summed E-state index contributed by atoms with van der Waals surface area (Å²) in [4.78, 5) is 7.88. The maximum atomic E-state index is 12.6. The van der Waals surface area contributed by atoms with E-state index in [0.29, 0.717) is 11.3 Å². The summed E-state index contributed by atoms with van der Waals surface area (Å²) in [6.45, 7) is 3.72. The summed E-state index contributed by atoms with van der Waals surface area (Å²) >= 11 is 0. The second-order valence-electron chi connectivity index (χ2n) is 4.06. The molecule has 0 aromatic carbocycles. The molecule has 0 amide bonds. The maximum absolute atomic E-state index is 12.6. The highest BCUT2D eigenvalue weighted by Crippen LogP contribution is 2.31. The molecule has 0 fully saturated rings. The third kappa shape index (κ3) is 2.50. The van der Waals surface area contributed by atoms with Crippen molar-refractivity contribution in [2.75, 3.05) is 0 Å². The molecule has 2 rings (SSSR count). The Balaban J connectivity index is 2.48. The van der Waals surface area contributed by atoms with Crippen LogP contribution >= 0.6 is 0 Å². The molecule has 5 heteroatoms. The predicted octanol–water partition coefficient (Wildman–Crippen LogP) is 3.78. The highest BCUT2D eigenvalue weighted by Gasteiger charge is 2.31. The van der Waals surface area contributed by atoms with Crippen LogP contribution in [0.2, 0.25) is 0 Å². The van der Waals surface area contributed by atoms with Crippen molar-refractivity contribution in [2.45, 2.75) is 20.0 Å².